The Kier molecular flexibility index (Phi) is 9.41. The molecule has 0 atom stereocenters. The molecule has 4 rings (SSSR count). The first-order chi connectivity index (χ1) is 17.5. The van der Waals surface area contributed by atoms with Crippen molar-refractivity contribution in [1.29, 1.82) is 5.26 Å². The standard InChI is InChI=1S/C22H22N4O.C8H11N/c1-3-7-21-19(15-24-20-9-6-5-8-17(20)4-2)22(27)26(25-21)18-12-10-16(14-23)11-13-18;1-2-7-5-3-4-6-8(7)9/h5-6,8-13,15,24H,3-4,7H2,1-2H3;3-6H,2,9H2,1H3. The van der Waals surface area contributed by atoms with Crippen LogP contribution < -0.4 is 16.1 Å². The van der Waals surface area contributed by atoms with Crippen molar-refractivity contribution in [2.24, 2.45) is 5.10 Å². The van der Waals surface area contributed by atoms with Crippen molar-refractivity contribution in [2.45, 2.75) is 46.5 Å². The third kappa shape index (κ3) is 6.39. The summed E-state index contributed by atoms with van der Waals surface area (Å²) in [6.45, 7) is 6.27. The van der Waals surface area contributed by atoms with Gasteiger partial charge in [0.15, 0.2) is 0 Å². The van der Waals surface area contributed by atoms with Gasteiger partial charge in [-0.05, 0) is 66.8 Å². The van der Waals surface area contributed by atoms with Crippen LogP contribution in [0, 0.1) is 11.3 Å². The Labute approximate surface area is 213 Å². The van der Waals surface area contributed by atoms with E-state index in [0.29, 0.717) is 16.8 Å². The lowest BCUT2D eigenvalue weighted by molar-refractivity contribution is -0.114. The van der Waals surface area contributed by atoms with Gasteiger partial charge in [-0.2, -0.15) is 15.4 Å². The van der Waals surface area contributed by atoms with E-state index in [4.69, 9.17) is 11.0 Å². The smallest absolute Gasteiger partial charge is 0.282 e. The highest BCUT2D eigenvalue weighted by Crippen LogP contribution is 2.26. The molecule has 1 aliphatic rings. The van der Waals surface area contributed by atoms with Crippen LogP contribution >= 0.6 is 0 Å². The summed E-state index contributed by atoms with van der Waals surface area (Å²) in [5, 5.41) is 18.2. The van der Waals surface area contributed by atoms with Crippen molar-refractivity contribution in [3.05, 3.63) is 101 Å². The van der Waals surface area contributed by atoms with Crippen molar-refractivity contribution < 1.29 is 4.79 Å². The van der Waals surface area contributed by atoms with Gasteiger partial charge >= 0.3 is 0 Å². The number of carbonyl (C=O) groups excluding carboxylic acids is 1. The largest absolute Gasteiger partial charge is 0.399 e. The fourth-order valence-corrected chi connectivity index (χ4v) is 3.85. The number of anilines is 3. The minimum absolute atomic E-state index is 0.162. The maximum Gasteiger partial charge on any atom is 0.282 e. The van der Waals surface area contributed by atoms with Gasteiger partial charge < -0.3 is 11.1 Å². The summed E-state index contributed by atoms with van der Waals surface area (Å²) in [5.41, 5.74) is 12.5. The predicted octanol–water partition coefficient (Wildman–Crippen LogP) is 6.45. The van der Waals surface area contributed by atoms with Crippen molar-refractivity contribution >= 4 is 28.7 Å². The molecule has 0 radical (unpaired) electrons. The van der Waals surface area contributed by atoms with Gasteiger partial charge in [-0.25, -0.2) is 0 Å². The maximum atomic E-state index is 13.0. The van der Waals surface area contributed by atoms with E-state index in [1.165, 1.54) is 16.1 Å². The van der Waals surface area contributed by atoms with Gasteiger partial charge in [0.1, 0.15) is 0 Å². The number of nitrogens with zero attached hydrogens (tertiary/aromatic N) is 3. The predicted molar refractivity (Wildman–Crippen MR) is 149 cm³/mol. The Morgan fingerprint density at radius 3 is 2.17 bits per heavy atom. The summed E-state index contributed by atoms with van der Waals surface area (Å²) in [7, 11) is 0. The second-order valence-corrected chi connectivity index (χ2v) is 8.34. The number of nitrogen functional groups attached to an aromatic ring is 1. The minimum atomic E-state index is -0.162. The van der Waals surface area contributed by atoms with Crippen LogP contribution in [0.3, 0.4) is 0 Å². The van der Waals surface area contributed by atoms with Crippen LogP contribution in [0.25, 0.3) is 0 Å². The summed E-state index contributed by atoms with van der Waals surface area (Å²) in [6.07, 6.45) is 5.31. The number of rotatable bonds is 7. The van der Waals surface area contributed by atoms with Gasteiger partial charge in [0, 0.05) is 17.6 Å². The molecule has 6 nitrogen and oxygen atoms in total. The Morgan fingerprint density at radius 2 is 1.58 bits per heavy atom. The number of benzene rings is 3. The molecule has 36 heavy (non-hydrogen) atoms. The zero-order chi connectivity index (χ0) is 25.9. The highest BCUT2D eigenvalue weighted by Gasteiger charge is 2.30. The monoisotopic (exact) mass is 479 g/mol. The summed E-state index contributed by atoms with van der Waals surface area (Å²) in [6, 6.07) is 24.9. The van der Waals surface area contributed by atoms with E-state index in [2.05, 4.69) is 49.4 Å². The zero-order valence-electron chi connectivity index (χ0n) is 21.2. The van der Waals surface area contributed by atoms with Crippen LogP contribution in [0.5, 0.6) is 0 Å². The molecule has 0 fully saturated rings. The van der Waals surface area contributed by atoms with Crippen LogP contribution in [0.1, 0.15) is 50.3 Å². The SMILES string of the molecule is CCCC1=NN(c2ccc(C#N)cc2)C(=O)C1=CNc1ccccc1CC.CCc1ccccc1N. The molecule has 0 unspecified atom stereocenters. The topological polar surface area (TPSA) is 94.5 Å². The first-order valence-electron chi connectivity index (χ1n) is 12.3. The van der Waals surface area contributed by atoms with Gasteiger partial charge in [-0.3, -0.25) is 4.79 Å². The van der Waals surface area contributed by atoms with Gasteiger partial charge in [0.25, 0.3) is 5.91 Å². The molecule has 1 aliphatic heterocycles. The average Bonchev–Trinajstić information content (AvgIpc) is 3.23. The number of aryl methyl sites for hydroxylation is 2. The highest BCUT2D eigenvalue weighted by atomic mass is 16.2. The zero-order valence-corrected chi connectivity index (χ0v) is 21.2. The fraction of sp³-hybridized carbons (Fsp3) is 0.233. The second kappa shape index (κ2) is 12.9. The summed E-state index contributed by atoms with van der Waals surface area (Å²) in [5.74, 6) is -0.162. The van der Waals surface area contributed by atoms with Crippen molar-refractivity contribution in [3.8, 4) is 6.07 Å². The lowest BCUT2D eigenvalue weighted by Crippen LogP contribution is -2.22. The Bertz CT molecular complexity index is 1290. The number of para-hydroxylation sites is 2. The molecule has 0 saturated heterocycles. The number of nitriles is 1. The first-order valence-corrected chi connectivity index (χ1v) is 12.3. The molecule has 0 aliphatic carbocycles. The van der Waals surface area contributed by atoms with E-state index >= 15 is 0 Å². The van der Waals surface area contributed by atoms with Crippen molar-refractivity contribution in [1.82, 2.24) is 0 Å². The van der Waals surface area contributed by atoms with Gasteiger partial charge in [0.05, 0.1) is 28.6 Å². The molecule has 1 heterocycles. The number of amides is 1. The first kappa shape index (κ1) is 26.2. The Morgan fingerprint density at radius 1 is 0.944 bits per heavy atom. The van der Waals surface area contributed by atoms with E-state index < -0.39 is 0 Å². The summed E-state index contributed by atoms with van der Waals surface area (Å²) in [4.78, 5) is 13.0. The molecule has 0 saturated carbocycles. The van der Waals surface area contributed by atoms with E-state index in [1.54, 1.807) is 30.5 Å². The molecule has 6 heteroatoms. The van der Waals surface area contributed by atoms with E-state index in [-0.39, 0.29) is 5.91 Å². The molecule has 3 aromatic carbocycles. The van der Waals surface area contributed by atoms with Gasteiger partial charge in [0.2, 0.25) is 0 Å². The highest BCUT2D eigenvalue weighted by molar-refractivity contribution is 6.30. The Hall–Kier alpha value is -4.37. The molecule has 1 amide bonds. The second-order valence-electron chi connectivity index (χ2n) is 8.34. The molecular weight excluding hydrogens is 446 g/mol. The van der Waals surface area contributed by atoms with Crippen LogP contribution in [0.4, 0.5) is 17.1 Å². The summed E-state index contributed by atoms with van der Waals surface area (Å²) < 4.78 is 0. The Balaban J connectivity index is 0.000000338. The van der Waals surface area contributed by atoms with Crippen LogP contribution in [-0.2, 0) is 17.6 Å². The number of nitrogens with two attached hydrogens (primary N) is 1. The van der Waals surface area contributed by atoms with Gasteiger partial charge in [-0.15, -0.1) is 0 Å². The van der Waals surface area contributed by atoms with E-state index in [9.17, 15) is 4.79 Å². The molecule has 0 aromatic heterocycles. The lowest BCUT2D eigenvalue weighted by Gasteiger charge is -2.12. The number of carbonyl (C=O) groups is 1. The van der Waals surface area contributed by atoms with E-state index in [1.807, 2.05) is 36.4 Å². The normalized spacial score (nSPS) is 13.6. The average molecular weight is 480 g/mol. The fourth-order valence-electron chi connectivity index (χ4n) is 3.85. The van der Waals surface area contributed by atoms with Crippen LogP contribution in [-0.4, -0.2) is 11.6 Å². The molecule has 3 N–H and O–H groups in total. The molecule has 3 aromatic rings. The molecule has 0 bridgehead atoms. The molecular formula is C30H33N5O. The summed E-state index contributed by atoms with van der Waals surface area (Å²) >= 11 is 0. The van der Waals surface area contributed by atoms with E-state index in [0.717, 1.165) is 42.8 Å². The van der Waals surface area contributed by atoms with Crippen molar-refractivity contribution in [2.75, 3.05) is 16.1 Å². The quantitative estimate of drug-likeness (QED) is 0.301. The van der Waals surface area contributed by atoms with Crippen LogP contribution in [0.2, 0.25) is 0 Å². The van der Waals surface area contributed by atoms with Crippen LogP contribution in [0.15, 0.2) is 89.7 Å². The minimum Gasteiger partial charge on any atom is -0.399 e. The van der Waals surface area contributed by atoms with Crippen molar-refractivity contribution in [3.63, 3.8) is 0 Å². The molecule has 184 valence electrons. The molecule has 0 spiro atoms. The third-order valence-corrected chi connectivity index (χ3v) is 5.89. The lowest BCUT2D eigenvalue weighted by atomic mass is 10.1. The number of hydrogen-bond acceptors (Lipinski definition) is 5. The van der Waals surface area contributed by atoms with Gasteiger partial charge in [-0.1, -0.05) is 63.6 Å². The third-order valence-electron chi connectivity index (χ3n) is 5.89. The maximum absolute atomic E-state index is 13.0. The number of nitrogens with one attached hydrogen (secondary N) is 1. The number of hydrazone groups is 1. The number of hydrogen-bond donors (Lipinski definition) is 2.